The van der Waals surface area contributed by atoms with Gasteiger partial charge in [0.25, 0.3) is 5.91 Å². The van der Waals surface area contributed by atoms with Crippen LogP contribution in [-0.2, 0) is 19.5 Å². The molecule has 0 aliphatic carbocycles. The van der Waals surface area contributed by atoms with Crippen LogP contribution in [0, 0.1) is 0 Å². The number of carbonyl (C=O) groups is 1. The zero-order chi connectivity index (χ0) is 29.8. The highest BCUT2D eigenvalue weighted by Gasteiger charge is 2.23. The van der Waals surface area contributed by atoms with Crippen molar-refractivity contribution in [1.82, 2.24) is 49.5 Å². The van der Waals surface area contributed by atoms with Crippen molar-refractivity contribution in [3.05, 3.63) is 66.0 Å². The third kappa shape index (κ3) is 6.68. The molecular weight excluding hydrogens is 562 g/mol. The molecule has 5 rings (SSSR count). The van der Waals surface area contributed by atoms with E-state index in [2.05, 4.69) is 40.6 Å². The maximum Gasteiger partial charge on any atom is 0.387 e. The molecule has 0 spiro atoms. The van der Waals surface area contributed by atoms with E-state index >= 15 is 0 Å². The minimum absolute atomic E-state index is 0.000418. The number of rotatable bonds is 12. The number of carbonyl (C=O) groups excluding carboxylic acids is 1. The largest absolute Gasteiger partial charge is 0.434 e. The lowest BCUT2D eigenvalue weighted by Crippen LogP contribution is -2.19. The molecule has 5 aromatic rings. The predicted molar refractivity (Wildman–Crippen MR) is 140 cm³/mol. The number of nitrogens with zero attached hydrogens (tertiary/aromatic N) is 10. The Labute approximate surface area is 235 Å². The first-order valence-electron chi connectivity index (χ1n) is 12.6. The molecule has 0 aliphatic heterocycles. The van der Waals surface area contributed by atoms with Gasteiger partial charge in [0, 0.05) is 37.1 Å². The molecule has 0 bridgehead atoms. The van der Waals surface area contributed by atoms with E-state index in [0.29, 0.717) is 18.9 Å². The van der Waals surface area contributed by atoms with Gasteiger partial charge in [-0.1, -0.05) is 6.07 Å². The Balaban J connectivity index is 1.53. The molecule has 17 heteroatoms. The monoisotopic (exact) mass is 587 g/mol. The molecule has 1 N–H and O–H groups in total. The molecule has 1 amide bonds. The second-order valence-electron chi connectivity index (χ2n) is 9.40. The molecule has 0 saturated heterocycles. The zero-order valence-corrected chi connectivity index (χ0v) is 22.4. The van der Waals surface area contributed by atoms with E-state index < -0.39 is 25.4 Å². The van der Waals surface area contributed by atoms with Crippen LogP contribution in [0.15, 0.2) is 49.1 Å². The lowest BCUT2D eigenvalue weighted by molar-refractivity contribution is -0.0494. The molecule has 1 aromatic carbocycles. The molecule has 0 radical (unpaired) electrons. The summed E-state index contributed by atoms with van der Waals surface area (Å²) in [5.41, 5.74) is 0.635. The van der Waals surface area contributed by atoms with Gasteiger partial charge < -0.3 is 15.0 Å². The molecular formula is C25H25F4N11O2. The summed E-state index contributed by atoms with van der Waals surface area (Å²) in [6, 6.07) is 5.35. The fraction of sp³-hybridized carbons (Fsp3) is 0.320. The summed E-state index contributed by atoms with van der Waals surface area (Å²) in [5, 5.41) is 23.7. The number of aromatic nitrogens is 9. The second-order valence-corrected chi connectivity index (χ2v) is 9.40. The molecule has 0 unspecified atom stereocenters. The van der Waals surface area contributed by atoms with Crippen LogP contribution >= 0.6 is 0 Å². The van der Waals surface area contributed by atoms with E-state index in [-0.39, 0.29) is 46.0 Å². The van der Waals surface area contributed by atoms with Gasteiger partial charge in [0.05, 0.1) is 18.4 Å². The molecule has 220 valence electrons. The fourth-order valence-electron chi connectivity index (χ4n) is 4.10. The van der Waals surface area contributed by atoms with Crippen LogP contribution in [0.4, 0.5) is 23.2 Å². The molecule has 4 heterocycles. The molecule has 42 heavy (non-hydrogen) atoms. The summed E-state index contributed by atoms with van der Waals surface area (Å²) < 4.78 is 60.4. The third-order valence-electron chi connectivity index (χ3n) is 5.98. The molecule has 13 nitrogen and oxygen atoms in total. The number of likely N-dealkylation sites (N-methyl/N-ethyl adjacent to an activating group) is 1. The number of benzene rings is 1. The average molecular weight is 588 g/mol. The number of halogens is 4. The van der Waals surface area contributed by atoms with Gasteiger partial charge in [0.1, 0.15) is 23.6 Å². The van der Waals surface area contributed by atoms with E-state index in [1.54, 1.807) is 12.3 Å². The van der Waals surface area contributed by atoms with Gasteiger partial charge in [-0.25, -0.2) is 18.3 Å². The highest BCUT2D eigenvalue weighted by atomic mass is 19.3. The lowest BCUT2D eigenvalue weighted by Gasteiger charge is -2.13. The Morgan fingerprint density at radius 1 is 1.17 bits per heavy atom. The van der Waals surface area contributed by atoms with Gasteiger partial charge in [0.15, 0.2) is 11.5 Å². The first kappa shape index (κ1) is 28.6. The fourth-order valence-corrected chi connectivity index (χ4v) is 4.10. The third-order valence-corrected chi connectivity index (χ3v) is 5.98. The Bertz CT molecular complexity index is 1680. The van der Waals surface area contributed by atoms with Crippen molar-refractivity contribution in [1.29, 1.82) is 0 Å². The first-order valence-corrected chi connectivity index (χ1v) is 12.6. The predicted octanol–water partition coefficient (Wildman–Crippen LogP) is 2.85. The molecule has 0 atom stereocenters. The summed E-state index contributed by atoms with van der Waals surface area (Å²) in [6.45, 7) is -2.02. The van der Waals surface area contributed by atoms with Gasteiger partial charge in [-0.2, -0.15) is 23.8 Å². The number of ether oxygens (including phenoxy) is 1. The highest BCUT2D eigenvalue weighted by molar-refractivity contribution is 6.09. The van der Waals surface area contributed by atoms with Crippen LogP contribution in [0.5, 0.6) is 5.75 Å². The SMILES string of the molecule is CN(C)CCn1nnc(Cn2cc(NC(=O)c3cnn4cccnc34)c(-c3cc(CC(F)F)ccc3OC(F)F)n2)n1. The summed E-state index contributed by atoms with van der Waals surface area (Å²) >= 11 is 0. The number of alkyl halides is 4. The van der Waals surface area contributed by atoms with Crippen LogP contribution in [0.3, 0.4) is 0 Å². The van der Waals surface area contributed by atoms with Crippen molar-refractivity contribution < 1.29 is 27.1 Å². The topological polar surface area (TPSA) is 133 Å². The number of hydrogen-bond donors (Lipinski definition) is 1. The number of fused-ring (bicyclic) bond motifs is 1. The van der Waals surface area contributed by atoms with Gasteiger partial charge in [0.2, 0.25) is 6.43 Å². The van der Waals surface area contributed by atoms with Crippen LogP contribution in [0.1, 0.15) is 21.7 Å². The number of amides is 1. The Kier molecular flexibility index (Phi) is 8.37. The zero-order valence-electron chi connectivity index (χ0n) is 22.4. The first-order chi connectivity index (χ1) is 20.2. The van der Waals surface area contributed by atoms with Crippen molar-refractivity contribution in [2.75, 3.05) is 26.0 Å². The minimum atomic E-state index is -3.20. The number of anilines is 1. The Hall–Kier alpha value is -4.93. The van der Waals surface area contributed by atoms with Crippen molar-refractivity contribution in [2.45, 2.75) is 32.5 Å². The minimum Gasteiger partial charge on any atom is -0.434 e. The summed E-state index contributed by atoms with van der Waals surface area (Å²) in [7, 11) is 3.81. The average Bonchev–Trinajstić information content (AvgIpc) is 3.66. The van der Waals surface area contributed by atoms with E-state index in [1.165, 1.54) is 44.7 Å². The standard InChI is InChI=1S/C25H25F4N11O2/c1-37(2)8-9-40-34-21(33-36-40)14-38-13-18(32-24(41)17-12-31-39-7-3-6-30-23(17)39)22(35-38)16-10-15(11-20(26)27)4-5-19(16)42-25(28)29/h3-7,10,12-13,20,25H,8-9,11,14H2,1-2H3,(H,32,41). The van der Waals surface area contributed by atoms with Crippen molar-refractivity contribution in [3.63, 3.8) is 0 Å². The van der Waals surface area contributed by atoms with Crippen LogP contribution < -0.4 is 10.1 Å². The highest BCUT2D eigenvalue weighted by Crippen LogP contribution is 2.36. The van der Waals surface area contributed by atoms with E-state index in [9.17, 15) is 22.4 Å². The lowest BCUT2D eigenvalue weighted by atomic mass is 10.0. The summed E-state index contributed by atoms with van der Waals surface area (Å²) in [5.74, 6) is -0.630. The maximum atomic E-state index is 13.3. The van der Waals surface area contributed by atoms with Gasteiger partial charge in [-0.15, -0.1) is 10.2 Å². The van der Waals surface area contributed by atoms with Crippen LogP contribution in [0.2, 0.25) is 0 Å². The quantitative estimate of drug-likeness (QED) is 0.219. The number of nitrogens with one attached hydrogen (secondary N) is 1. The maximum absolute atomic E-state index is 13.3. The van der Waals surface area contributed by atoms with Crippen LogP contribution in [-0.4, -0.2) is 89.1 Å². The number of hydrogen-bond acceptors (Lipinski definition) is 9. The van der Waals surface area contributed by atoms with Gasteiger partial charge in [-0.05, 0) is 43.1 Å². The van der Waals surface area contributed by atoms with Crippen molar-refractivity contribution in [2.24, 2.45) is 0 Å². The Morgan fingerprint density at radius 3 is 2.76 bits per heavy atom. The summed E-state index contributed by atoms with van der Waals surface area (Å²) in [6.07, 6.45) is 2.58. The normalized spacial score (nSPS) is 11.7. The second kappa shape index (κ2) is 12.3. The van der Waals surface area contributed by atoms with Crippen molar-refractivity contribution >= 4 is 17.2 Å². The molecule has 4 aromatic heterocycles. The van der Waals surface area contributed by atoms with Gasteiger partial charge >= 0.3 is 6.61 Å². The van der Waals surface area contributed by atoms with Crippen molar-refractivity contribution in [3.8, 4) is 17.0 Å². The van der Waals surface area contributed by atoms with E-state index in [1.807, 2.05) is 19.0 Å². The Morgan fingerprint density at radius 2 is 2.00 bits per heavy atom. The molecule has 0 saturated carbocycles. The van der Waals surface area contributed by atoms with E-state index in [0.717, 1.165) is 6.07 Å². The van der Waals surface area contributed by atoms with Gasteiger partial charge in [-0.3, -0.25) is 9.48 Å². The van der Waals surface area contributed by atoms with E-state index in [4.69, 9.17) is 0 Å². The summed E-state index contributed by atoms with van der Waals surface area (Å²) in [4.78, 5) is 20.9. The molecule has 0 fully saturated rings. The smallest absolute Gasteiger partial charge is 0.387 e. The molecule has 0 aliphatic rings. The van der Waals surface area contributed by atoms with Crippen LogP contribution in [0.25, 0.3) is 16.9 Å². The number of tetrazole rings is 1.